The van der Waals surface area contributed by atoms with Gasteiger partial charge in [-0.2, -0.15) is 0 Å². The summed E-state index contributed by atoms with van der Waals surface area (Å²) in [4.78, 5) is 50.5. The number of aliphatic hydroxyl groups excluding tert-OH is 1. The lowest BCUT2D eigenvalue weighted by Crippen LogP contribution is -2.69. The number of ketones is 2. The number of Topliss-reactive ketones (excluding diaryl/α,β-unsaturated/α-hetero) is 1. The standard InChI is InChI=1S/C35H48FNO9/c1-5-6-7-23-26(37)10-11-27(23)46-31(42)19-44-18-30(41)45-17-29(40)35(43)20(2)14-25-24-9-8-21-15-22(38)12-13-32(21,3)34(24,36)28(39)16-33(25,35)4/h5-6,12-13,15,20,23-28,39,43H,7-11,14,16-19,37H2,1-4H3/b6-5+/t20-,23+,24?,25?,26?,27+,28+,32+,33+,34+,35+/m1/s1. The molecule has 0 aromatic carbocycles. The van der Waals surface area contributed by atoms with Gasteiger partial charge < -0.3 is 30.2 Å². The molecule has 46 heavy (non-hydrogen) atoms. The van der Waals surface area contributed by atoms with Gasteiger partial charge in [-0.3, -0.25) is 9.59 Å². The molecule has 4 N–H and O–H groups in total. The van der Waals surface area contributed by atoms with Crippen LogP contribution in [0.15, 0.2) is 36.0 Å². The number of aliphatic hydroxyl groups is 2. The Kier molecular flexibility index (Phi) is 9.56. The van der Waals surface area contributed by atoms with Crippen molar-refractivity contribution in [1.29, 1.82) is 0 Å². The molecule has 4 fully saturated rings. The second kappa shape index (κ2) is 12.7. The first-order chi connectivity index (χ1) is 21.6. The zero-order valence-corrected chi connectivity index (χ0v) is 27.2. The van der Waals surface area contributed by atoms with Crippen LogP contribution in [0.5, 0.6) is 0 Å². The number of hydrogen-bond donors (Lipinski definition) is 3. The molecular weight excluding hydrogens is 597 g/mol. The molecule has 10 nitrogen and oxygen atoms in total. The van der Waals surface area contributed by atoms with Crippen molar-refractivity contribution in [2.24, 2.45) is 40.2 Å². The third-order valence-electron chi connectivity index (χ3n) is 12.2. The van der Waals surface area contributed by atoms with Crippen LogP contribution in [-0.2, 0) is 33.4 Å². The average molecular weight is 646 g/mol. The van der Waals surface area contributed by atoms with Crippen molar-refractivity contribution in [2.75, 3.05) is 19.8 Å². The molecule has 0 heterocycles. The molecule has 0 amide bonds. The Morgan fingerprint density at radius 2 is 1.83 bits per heavy atom. The first-order valence-corrected chi connectivity index (χ1v) is 16.5. The van der Waals surface area contributed by atoms with Crippen molar-refractivity contribution in [3.05, 3.63) is 36.0 Å². The van der Waals surface area contributed by atoms with E-state index in [0.717, 1.165) is 6.42 Å². The molecule has 3 unspecified atom stereocenters. The molecule has 254 valence electrons. The predicted molar refractivity (Wildman–Crippen MR) is 165 cm³/mol. The van der Waals surface area contributed by atoms with Crippen molar-refractivity contribution >= 4 is 23.5 Å². The van der Waals surface area contributed by atoms with Gasteiger partial charge in [0, 0.05) is 28.7 Å². The first kappa shape index (κ1) is 34.6. The van der Waals surface area contributed by atoms with E-state index in [1.165, 1.54) is 12.2 Å². The van der Waals surface area contributed by atoms with Crippen LogP contribution >= 0.6 is 0 Å². The molecule has 0 spiro atoms. The Morgan fingerprint density at radius 3 is 2.54 bits per heavy atom. The van der Waals surface area contributed by atoms with Crippen molar-refractivity contribution in [3.8, 4) is 0 Å². The number of hydrogen-bond acceptors (Lipinski definition) is 10. The fourth-order valence-electron chi connectivity index (χ4n) is 9.69. The summed E-state index contributed by atoms with van der Waals surface area (Å²) >= 11 is 0. The number of allylic oxidation sites excluding steroid dienone is 6. The Hall–Kier alpha value is -2.73. The number of fused-ring (bicyclic) bond motifs is 5. The summed E-state index contributed by atoms with van der Waals surface area (Å²) in [5.74, 6) is -4.15. The molecule has 4 saturated carbocycles. The van der Waals surface area contributed by atoms with E-state index >= 15 is 4.39 Å². The van der Waals surface area contributed by atoms with Crippen LogP contribution in [-0.4, -0.2) is 83.1 Å². The van der Waals surface area contributed by atoms with Crippen molar-refractivity contribution in [2.45, 2.75) is 102 Å². The minimum absolute atomic E-state index is 0.0123. The van der Waals surface area contributed by atoms with Gasteiger partial charge in [0.15, 0.2) is 18.1 Å². The lowest BCUT2D eigenvalue weighted by Gasteiger charge is -2.62. The first-order valence-electron chi connectivity index (χ1n) is 16.5. The number of ether oxygens (including phenoxy) is 3. The van der Waals surface area contributed by atoms with Crippen molar-refractivity contribution in [3.63, 3.8) is 0 Å². The average Bonchev–Trinajstić information content (AvgIpc) is 3.44. The molecule has 0 radical (unpaired) electrons. The van der Waals surface area contributed by atoms with E-state index in [9.17, 15) is 29.4 Å². The second-order valence-corrected chi connectivity index (χ2v) is 14.5. The molecule has 0 aliphatic heterocycles. The number of halogens is 1. The van der Waals surface area contributed by atoms with Gasteiger partial charge in [-0.15, -0.1) is 0 Å². The van der Waals surface area contributed by atoms with Gasteiger partial charge in [0.1, 0.15) is 24.9 Å². The van der Waals surface area contributed by atoms with E-state index in [4.69, 9.17) is 19.9 Å². The highest BCUT2D eigenvalue weighted by atomic mass is 19.1. The van der Waals surface area contributed by atoms with Gasteiger partial charge in [0.25, 0.3) is 0 Å². The zero-order valence-electron chi connectivity index (χ0n) is 27.2. The second-order valence-electron chi connectivity index (χ2n) is 14.5. The van der Waals surface area contributed by atoms with Gasteiger partial charge in [-0.1, -0.05) is 37.6 Å². The molecule has 5 aliphatic carbocycles. The Balaban J connectivity index is 1.18. The number of rotatable bonds is 10. The summed E-state index contributed by atoms with van der Waals surface area (Å²) in [6.07, 6.45) is 9.55. The Morgan fingerprint density at radius 1 is 1.11 bits per heavy atom. The fraction of sp³-hybridized carbons (Fsp3) is 0.714. The van der Waals surface area contributed by atoms with E-state index in [1.807, 2.05) is 19.1 Å². The topological polar surface area (TPSA) is 162 Å². The minimum Gasteiger partial charge on any atom is -0.460 e. The monoisotopic (exact) mass is 645 g/mol. The molecule has 0 saturated heterocycles. The van der Waals surface area contributed by atoms with Gasteiger partial charge in [-0.25, -0.2) is 14.0 Å². The molecule has 5 rings (SSSR count). The number of carbonyl (C=O) groups excluding carboxylic acids is 4. The maximum absolute atomic E-state index is 17.3. The van der Waals surface area contributed by atoms with Crippen LogP contribution in [0.25, 0.3) is 0 Å². The number of nitrogens with two attached hydrogens (primary N) is 1. The van der Waals surface area contributed by atoms with Crippen molar-refractivity contribution < 1.29 is 48.0 Å². The molecule has 0 bridgehead atoms. The summed E-state index contributed by atoms with van der Waals surface area (Å²) in [5, 5.41) is 23.5. The molecule has 0 aromatic rings. The Labute approximate surface area is 269 Å². The summed E-state index contributed by atoms with van der Waals surface area (Å²) in [7, 11) is 0. The van der Waals surface area contributed by atoms with Crippen LogP contribution in [0.4, 0.5) is 4.39 Å². The maximum atomic E-state index is 17.3. The van der Waals surface area contributed by atoms with E-state index in [0.29, 0.717) is 37.7 Å². The van der Waals surface area contributed by atoms with Gasteiger partial charge >= 0.3 is 11.9 Å². The van der Waals surface area contributed by atoms with E-state index in [-0.39, 0.29) is 30.3 Å². The third-order valence-corrected chi connectivity index (χ3v) is 12.2. The maximum Gasteiger partial charge on any atom is 0.332 e. The van der Waals surface area contributed by atoms with Crippen LogP contribution < -0.4 is 5.73 Å². The lowest BCUT2D eigenvalue weighted by molar-refractivity contribution is -0.220. The molecule has 11 heteroatoms. The number of esters is 2. The minimum atomic E-state index is -2.09. The van der Waals surface area contributed by atoms with E-state index in [2.05, 4.69) is 0 Å². The largest absolute Gasteiger partial charge is 0.460 e. The van der Waals surface area contributed by atoms with Crippen LogP contribution in [0.3, 0.4) is 0 Å². The van der Waals surface area contributed by atoms with Crippen LogP contribution in [0.2, 0.25) is 0 Å². The van der Waals surface area contributed by atoms with Gasteiger partial charge in [0.05, 0.1) is 6.10 Å². The molecule has 5 aliphatic rings. The van der Waals surface area contributed by atoms with Gasteiger partial charge in [-0.05, 0) is 82.8 Å². The van der Waals surface area contributed by atoms with Gasteiger partial charge in [0.2, 0.25) is 5.78 Å². The highest BCUT2D eigenvalue weighted by Crippen LogP contribution is 2.70. The summed E-state index contributed by atoms with van der Waals surface area (Å²) in [6, 6.07) is -0.0642. The quantitative estimate of drug-likeness (QED) is 0.238. The summed E-state index contributed by atoms with van der Waals surface area (Å²) < 4.78 is 33.2. The van der Waals surface area contributed by atoms with Crippen molar-refractivity contribution in [1.82, 2.24) is 0 Å². The molecule has 0 aromatic heterocycles. The van der Waals surface area contributed by atoms with Crippen LogP contribution in [0.1, 0.15) is 72.6 Å². The lowest BCUT2D eigenvalue weighted by atomic mass is 9.44. The normalized spacial score (nSPS) is 43.1. The fourth-order valence-corrected chi connectivity index (χ4v) is 9.69. The van der Waals surface area contributed by atoms with Crippen LogP contribution in [0, 0.1) is 34.5 Å². The highest BCUT2D eigenvalue weighted by Gasteiger charge is 2.75. The Bertz CT molecular complexity index is 1340. The summed E-state index contributed by atoms with van der Waals surface area (Å²) in [6.45, 7) is 5.24. The highest BCUT2D eigenvalue weighted by molar-refractivity contribution is 6.01. The third kappa shape index (κ3) is 5.41. The summed E-state index contributed by atoms with van der Waals surface area (Å²) in [5.41, 5.74) is 0.373. The molecular formula is C35H48FNO9. The number of carbonyl (C=O) groups is 4. The zero-order chi connectivity index (χ0) is 33.7. The molecule has 11 atom stereocenters. The van der Waals surface area contributed by atoms with E-state index in [1.54, 1.807) is 26.8 Å². The SMILES string of the molecule is C/C=C/C[C@H]1C(N)CC[C@@H]1OC(=O)COCC(=O)OCC(=O)[C@@]1(O)[C@H](C)CC2C3CCC4=CC(=O)C=C[C@]4(C)[C@@]3(F)[C@@H](O)C[C@@]21C. The smallest absolute Gasteiger partial charge is 0.332 e. The van der Waals surface area contributed by atoms with E-state index < -0.39 is 83.5 Å². The number of alkyl halides is 1. The predicted octanol–water partition coefficient (Wildman–Crippen LogP) is 3.08.